The first-order valence-electron chi connectivity index (χ1n) is 21.3. The number of hydrogen-bond donors (Lipinski definition) is 3. The van der Waals surface area contributed by atoms with Gasteiger partial charge in [0.2, 0.25) is 5.91 Å². The molecule has 1 amide bonds. The quantitative estimate of drug-likeness (QED) is 0.0355. The first kappa shape index (κ1) is 49.3. The molecule has 0 spiro atoms. The van der Waals surface area contributed by atoms with E-state index in [9.17, 15) is 24.6 Å². The number of carbonyl (C=O) groups excluding carboxylic acids is 1. The molecule has 5 unspecified atom stereocenters. The Morgan fingerprint density at radius 2 is 0.961 bits per heavy atom. The fourth-order valence-corrected chi connectivity index (χ4v) is 8.62. The number of unbranched alkanes of at least 4 members (excludes halogenated alkanes) is 18. The Bertz CT molecular complexity index is 964. The van der Waals surface area contributed by atoms with E-state index >= 15 is 0 Å². The van der Waals surface area contributed by atoms with Gasteiger partial charge in [-0.1, -0.05) is 143 Å². The molecule has 8 nitrogen and oxygen atoms in total. The molecule has 0 saturated heterocycles. The number of nitrogens with zero attached hydrogens (tertiary/aromatic N) is 2. The number of amides is 1. The van der Waals surface area contributed by atoms with Crippen LogP contribution in [-0.4, -0.2) is 88.5 Å². The van der Waals surface area contributed by atoms with Crippen molar-refractivity contribution in [3.8, 4) is 0 Å². The molecule has 0 aromatic heterocycles. The number of hydrogen-bond acceptors (Lipinski definition) is 3. The minimum atomic E-state index is -1.20. The van der Waals surface area contributed by atoms with Crippen LogP contribution in [0.5, 0.6) is 0 Å². The number of quaternary nitrogens is 2. The van der Waals surface area contributed by atoms with Gasteiger partial charge in [0.05, 0.1) is 34.2 Å². The lowest BCUT2D eigenvalue weighted by atomic mass is 9.84. The van der Waals surface area contributed by atoms with Gasteiger partial charge >= 0.3 is 11.9 Å². The number of aliphatic carboxylic acids is 2. The van der Waals surface area contributed by atoms with Crippen LogP contribution < -0.4 is 5.32 Å². The van der Waals surface area contributed by atoms with Crippen LogP contribution in [0.25, 0.3) is 0 Å². The average Bonchev–Trinajstić information content (AvgIpc) is 3.04. The van der Waals surface area contributed by atoms with E-state index in [1.165, 1.54) is 96.3 Å². The van der Waals surface area contributed by atoms with Crippen LogP contribution in [0.1, 0.15) is 203 Å². The summed E-state index contributed by atoms with van der Waals surface area (Å²) in [5, 5.41) is 24.5. The summed E-state index contributed by atoms with van der Waals surface area (Å²) in [4.78, 5) is 40.4. The van der Waals surface area contributed by atoms with E-state index in [0.29, 0.717) is 12.8 Å². The lowest BCUT2D eigenvalue weighted by Gasteiger charge is -2.59. The molecule has 0 aliphatic rings. The molecule has 0 aromatic carbocycles. The zero-order chi connectivity index (χ0) is 39.1. The zero-order valence-corrected chi connectivity index (χ0v) is 35.7. The summed E-state index contributed by atoms with van der Waals surface area (Å²) in [5.41, 5.74) is -2.12. The first-order valence-corrected chi connectivity index (χ1v) is 21.3. The number of rotatable bonds is 33. The van der Waals surface area contributed by atoms with Crippen molar-refractivity contribution in [3.63, 3.8) is 0 Å². The van der Waals surface area contributed by atoms with Gasteiger partial charge in [0.15, 0.2) is 17.2 Å². The Labute approximate surface area is 316 Å². The average molecular weight is 726 g/mol. The van der Waals surface area contributed by atoms with Gasteiger partial charge in [-0.3, -0.25) is 9.28 Å². The van der Waals surface area contributed by atoms with Crippen LogP contribution in [0, 0.1) is 5.92 Å². The molecule has 302 valence electrons. The van der Waals surface area contributed by atoms with E-state index in [2.05, 4.69) is 33.0 Å². The molecule has 8 heteroatoms. The summed E-state index contributed by atoms with van der Waals surface area (Å²) in [6.45, 7) is 14.3. The molecular weight excluding hydrogens is 638 g/mol. The SMILES string of the molecule is CCCCCCCCCCCCCCC(C)[N+](C)(C(C)(CCC)NC(=O)C(CCCCCCCCCC)C(C(=O)O)[N+](C)(C)C)C(C)(C)C(=O)O. The highest BCUT2D eigenvalue weighted by Gasteiger charge is 2.60. The van der Waals surface area contributed by atoms with E-state index in [4.69, 9.17) is 0 Å². The third-order valence-corrected chi connectivity index (χ3v) is 12.4. The van der Waals surface area contributed by atoms with E-state index in [1.54, 1.807) is 13.8 Å². The maximum absolute atomic E-state index is 14.6. The topological polar surface area (TPSA) is 104 Å². The Morgan fingerprint density at radius 1 is 0.588 bits per heavy atom. The molecule has 0 saturated carbocycles. The second-order valence-electron chi connectivity index (χ2n) is 17.7. The maximum atomic E-state index is 14.6. The molecule has 0 aliphatic carbocycles. The number of nitrogens with one attached hydrogen (secondary N) is 1. The predicted octanol–water partition coefficient (Wildman–Crippen LogP) is 10.7. The van der Waals surface area contributed by atoms with Gasteiger partial charge in [0.1, 0.15) is 5.92 Å². The highest BCUT2D eigenvalue weighted by molar-refractivity contribution is 5.86. The first-order chi connectivity index (χ1) is 23.9. The molecule has 0 aliphatic heterocycles. The summed E-state index contributed by atoms with van der Waals surface area (Å²) >= 11 is 0. The Morgan fingerprint density at radius 3 is 1.29 bits per heavy atom. The van der Waals surface area contributed by atoms with E-state index in [0.717, 1.165) is 44.9 Å². The third kappa shape index (κ3) is 16.5. The molecule has 0 rings (SSSR count). The van der Waals surface area contributed by atoms with Crippen molar-refractivity contribution in [2.75, 3.05) is 28.2 Å². The van der Waals surface area contributed by atoms with Crippen molar-refractivity contribution < 1.29 is 33.6 Å². The van der Waals surface area contributed by atoms with E-state index in [1.807, 2.05) is 35.1 Å². The van der Waals surface area contributed by atoms with Crippen LogP contribution in [0.4, 0.5) is 0 Å². The molecule has 0 aromatic rings. The van der Waals surface area contributed by atoms with Gasteiger partial charge in [0.25, 0.3) is 0 Å². The van der Waals surface area contributed by atoms with E-state index in [-0.39, 0.29) is 20.9 Å². The summed E-state index contributed by atoms with van der Waals surface area (Å²) < 4.78 is 0.274. The molecule has 0 heterocycles. The van der Waals surface area contributed by atoms with Crippen molar-refractivity contribution in [2.45, 2.75) is 226 Å². The second-order valence-corrected chi connectivity index (χ2v) is 17.7. The molecular formula is C43H87N3O5+2. The third-order valence-electron chi connectivity index (χ3n) is 12.4. The summed E-state index contributed by atoms with van der Waals surface area (Å²) in [5.74, 6) is -2.86. The molecule has 0 fully saturated rings. The van der Waals surface area contributed by atoms with Crippen LogP contribution in [0.2, 0.25) is 0 Å². The van der Waals surface area contributed by atoms with Gasteiger partial charge in [-0.15, -0.1) is 0 Å². The summed E-state index contributed by atoms with van der Waals surface area (Å²) in [6, 6.07) is -0.957. The van der Waals surface area contributed by atoms with Gasteiger partial charge < -0.3 is 20.0 Å². The van der Waals surface area contributed by atoms with Gasteiger partial charge in [-0.25, -0.2) is 9.59 Å². The Balaban J connectivity index is 5.99. The van der Waals surface area contributed by atoms with Crippen LogP contribution in [-0.2, 0) is 14.4 Å². The summed E-state index contributed by atoms with van der Waals surface area (Å²) in [6.07, 6.45) is 26.9. The second kappa shape index (κ2) is 25.4. The number of carboxylic acids is 2. The summed E-state index contributed by atoms with van der Waals surface area (Å²) in [7, 11) is 7.56. The van der Waals surface area contributed by atoms with Gasteiger partial charge in [0, 0.05) is 27.2 Å². The highest BCUT2D eigenvalue weighted by Crippen LogP contribution is 2.40. The van der Waals surface area contributed by atoms with Crippen molar-refractivity contribution in [1.29, 1.82) is 0 Å². The largest absolute Gasteiger partial charge is 0.477 e. The van der Waals surface area contributed by atoms with Crippen molar-refractivity contribution >= 4 is 17.8 Å². The van der Waals surface area contributed by atoms with Crippen LogP contribution in [0.3, 0.4) is 0 Å². The lowest BCUT2D eigenvalue weighted by Crippen LogP contribution is -2.80. The van der Waals surface area contributed by atoms with Crippen molar-refractivity contribution in [1.82, 2.24) is 5.32 Å². The number of carbonyl (C=O) groups is 3. The fraction of sp³-hybridized carbons (Fsp3) is 0.930. The fourth-order valence-electron chi connectivity index (χ4n) is 8.62. The Kier molecular flexibility index (Phi) is 24.5. The number of likely N-dealkylation sites (N-methyl/N-ethyl adjacent to an activating group) is 2. The molecule has 0 radical (unpaired) electrons. The maximum Gasteiger partial charge on any atom is 0.365 e. The minimum Gasteiger partial charge on any atom is -0.477 e. The van der Waals surface area contributed by atoms with E-state index < -0.39 is 35.1 Å². The minimum absolute atomic E-state index is 0.0455. The van der Waals surface area contributed by atoms with Crippen LogP contribution >= 0.6 is 0 Å². The standard InChI is InChI=1S/C43H85N3O5/c1-12-15-17-19-21-23-24-25-26-27-29-31-33-36(4)46(11,42(5,6)41(50)51)43(7,35-14-3)44-39(47)37(38(40(48)49)45(8,9)10)34-32-30-28-22-20-18-16-13-2/h36-38H,12-35H2,1-11H3,(H-2,44,47,48,49,50,51)/p+2. The monoisotopic (exact) mass is 726 g/mol. The molecule has 5 atom stereocenters. The highest BCUT2D eigenvalue weighted by atomic mass is 16.4. The van der Waals surface area contributed by atoms with Crippen molar-refractivity contribution in [2.24, 2.45) is 5.92 Å². The molecule has 51 heavy (non-hydrogen) atoms. The van der Waals surface area contributed by atoms with Gasteiger partial charge in [-0.2, -0.15) is 0 Å². The molecule has 3 N–H and O–H groups in total. The zero-order valence-electron chi connectivity index (χ0n) is 35.7. The molecule has 0 bridgehead atoms. The lowest BCUT2D eigenvalue weighted by molar-refractivity contribution is -1.01. The predicted molar refractivity (Wildman–Crippen MR) is 215 cm³/mol. The normalized spacial score (nSPS) is 16.5. The number of carboxylic acid groups (broad SMARTS) is 2. The Hall–Kier alpha value is -1.67. The smallest absolute Gasteiger partial charge is 0.365 e. The van der Waals surface area contributed by atoms with Crippen molar-refractivity contribution in [3.05, 3.63) is 0 Å². The van der Waals surface area contributed by atoms with Crippen LogP contribution in [0.15, 0.2) is 0 Å². The van der Waals surface area contributed by atoms with Gasteiger partial charge in [-0.05, 0) is 32.6 Å².